The lowest BCUT2D eigenvalue weighted by molar-refractivity contribution is -0.120. The third-order valence-electron chi connectivity index (χ3n) is 3.35. The number of pyridine rings is 1. The van der Waals surface area contributed by atoms with E-state index < -0.39 is 17.3 Å². The molecule has 7 heteroatoms. The van der Waals surface area contributed by atoms with Crippen molar-refractivity contribution in [1.82, 2.24) is 4.57 Å². The molecule has 124 valence electrons. The Hall–Kier alpha value is -2.80. The fraction of sp³-hybridized carbons (Fsp3) is 0.188. The van der Waals surface area contributed by atoms with Gasteiger partial charge in [-0.25, -0.2) is 4.39 Å². The average molecular weight is 320 g/mol. The first-order valence-corrected chi connectivity index (χ1v) is 6.92. The van der Waals surface area contributed by atoms with Crippen molar-refractivity contribution in [3.8, 4) is 5.69 Å². The van der Waals surface area contributed by atoms with Gasteiger partial charge in [0.25, 0.3) is 5.56 Å². The quantitative estimate of drug-likeness (QED) is 0.736. The normalized spacial score (nSPS) is 13.2. The number of halogens is 1. The van der Waals surface area contributed by atoms with Crippen LogP contribution in [-0.2, 0) is 4.79 Å². The molecule has 0 aliphatic heterocycles. The number of nitrogens with zero attached hydrogens (tertiary/aromatic N) is 1. The first-order chi connectivity index (χ1) is 10.8. The second-order valence-corrected chi connectivity index (χ2v) is 5.35. The maximum Gasteiger partial charge on any atom is 0.255 e. The number of aromatic nitrogens is 1. The third-order valence-corrected chi connectivity index (χ3v) is 3.35. The second-order valence-electron chi connectivity index (χ2n) is 5.35. The lowest BCUT2D eigenvalue weighted by Crippen LogP contribution is -2.48. The highest BCUT2D eigenvalue weighted by Crippen LogP contribution is 2.19. The zero-order valence-corrected chi connectivity index (χ0v) is 12.5. The minimum atomic E-state index is -1.30. The van der Waals surface area contributed by atoms with Crippen molar-refractivity contribution in [1.29, 1.82) is 5.41 Å². The van der Waals surface area contributed by atoms with Crippen molar-refractivity contribution in [2.24, 2.45) is 5.73 Å². The fourth-order valence-corrected chi connectivity index (χ4v) is 1.97. The number of amides is 1. The lowest BCUT2D eigenvalue weighted by Gasteiger charge is -2.21. The third kappa shape index (κ3) is 3.70. The predicted molar refractivity (Wildman–Crippen MR) is 90.8 cm³/mol. The van der Waals surface area contributed by atoms with Crippen molar-refractivity contribution in [3.05, 3.63) is 58.8 Å². The van der Waals surface area contributed by atoms with E-state index in [4.69, 9.17) is 11.1 Å². The molecule has 6 nitrogen and oxygen atoms in total. The van der Waals surface area contributed by atoms with Gasteiger partial charge in [0.15, 0.2) is 0 Å². The molecule has 23 heavy (non-hydrogen) atoms. The summed E-state index contributed by atoms with van der Waals surface area (Å²) < 4.78 is 15.5. The fourth-order valence-electron chi connectivity index (χ4n) is 1.97. The van der Waals surface area contributed by atoms with Crippen LogP contribution in [0.3, 0.4) is 0 Å². The first-order valence-electron chi connectivity index (χ1n) is 6.92. The number of hydrogen-bond donors (Lipinski definition) is 3. The van der Waals surface area contributed by atoms with Crippen LogP contribution in [0.15, 0.2) is 47.4 Å². The Morgan fingerprint density at radius 2 is 2.22 bits per heavy atom. The average Bonchev–Trinajstić information content (AvgIpc) is 2.49. The summed E-state index contributed by atoms with van der Waals surface area (Å²) in [5.41, 5.74) is 4.50. The molecule has 2 rings (SSSR count). The summed E-state index contributed by atoms with van der Waals surface area (Å²) in [6, 6.07) is 8.65. The molecular formula is C16H21FN4O2. The van der Waals surface area contributed by atoms with Crippen LogP contribution in [0.1, 0.15) is 16.2 Å². The largest absolute Gasteiger partial charge is 0.322 e. The van der Waals surface area contributed by atoms with E-state index in [9.17, 15) is 14.0 Å². The Balaban J connectivity index is 0.00000288. The highest BCUT2D eigenvalue weighted by atomic mass is 19.1. The predicted octanol–water partition coefficient (Wildman–Crippen LogP) is 2.16. The van der Waals surface area contributed by atoms with Gasteiger partial charge in [0.05, 0.1) is 16.9 Å². The summed E-state index contributed by atoms with van der Waals surface area (Å²) in [7, 11) is 0. The van der Waals surface area contributed by atoms with Crippen LogP contribution in [-0.4, -0.2) is 22.2 Å². The van der Waals surface area contributed by atoms with Gasteiger partial charge in [-0.2, -0.15) is 0 Å². The zero-order valence-electron chi connectivity index (χ0n) is 12.5. The van der Waals surface area contributed by atoms with E-state index in [2.05, 4.69) is 5.32 Å². The van der Waals surface area contributed by atoms with E-state index in [1.165, 1.54) is 35.9 Å². The molecule has 0 aliphatic carbocycles. The Kier molecular flexibility index (Phi) is 4.71. The molecule has 0 radical (unpaired) electrons. The monoisotopic (exact) mass is 320 g/mol. The molecule has 4 N–H and O–H groups in total. The van der Waals surface area contributed by atoms with Crippen LogP contribution in [0.2, 0.25) is 0 Å². The molecular weight excluding hydrogens is 299 g/mol. The lowest BCUT2D eigenvalue weighted by atomic mass is 9.99. The van der Waals surface area contributed by atoms with Gasteiger partial charge in [-0.05, 0) is 31.3 Å². The number of hydrogen-bond acceptors (Lipinski definition) is 4. The van der Waals surface area contributed by atoms with Gasteiger partial charge in [0.1, 0.15) is 5.82 Å². The maximum absolute atomic E-state index is 14.2. The standard InChI is InChI=1S/C16H17FN4O2.2H2/c1-16(19,7-8-18)15(23)20-13-6-5-11(10-12(13)17)21-9-3-2-4-14(21)22;;/h2-6,8-10,18H,7,19H2,1H3,(H,20,23);2*1H. The second kappa shape index (κ2) is 6.53. The molecule has 0 saturated carbocycles. The van der Waals surface area contributed by atoms with Crippen molar-refractivity contribution >= 4 is 17.8 Å². The van der Waals surface area contributed by atoms with Gasteiger partial charge >= 0.3 is 0 Å². The summed E-state index contributed by atoms with van der Waals surface area (Å²) in [4.78, 5) is 23.8. The van der Waals surface area contributed by atoms with E-state index in [0.29, 0.717) is 5.69 Å². The van der Waals surface area contributed by atoms with Crippen LogP contribution < -0.4 is 16.6 Å². The molecule has 0 saturated heterocycles. The van der Waals surface area contributed by atoms with E-state index in [0.717, 1.165) is 12.3 Å². The molecule has 1 amide bonds. The van der Waals surface area contributed by atoms with E-state index in [1.54, 1.807) is 12.1 Å². The summed E-state index contributed by atoms with van der Waals surface area (Å²) in [6.45, 7) is 1.46. The van der Waals surface area contributed by atoms with Gasteiger partial charge in [0.2, 0.25) is 5.91 Å². The molecule has 1 aromatic heterocycles. The van der Waals surface area contributed by atoms with Crippen LogP contribution in [0, 0.1) is 11.2 Å². The number of benzene rings is 1. The number of carbonyl (C=O) groups is 1. The topological polar surface area (TPSA) is 101 Å². The zero-order chi connectivity index (χ0) is 17.0. The first kappa shape index (κ1) is 16.6. The van der Waals surface area contributed by atoms with Crippen LogP contribution in [0.4, 0.5) is 10.1 Å². The molecule has 0 bridgehead atoms. The SMILES string of the molecule is CC(N)(CC=N)C(=O)Nc1ccc(-n2ccccc2=O)cc1F.[HH].[HH]. The van der Waals surface area contributed by atoms with E-state index in [-0.39, 0.29) is 20.5 Å². The number of rotatable bonds is 5. The van der Waals surface area contributed by atoms with Crippen molar-refractivity contribution in [3.63, 3.8) is 0 Å². The van der Waals surface area contributed by atoms with Crippen molar-refractivity contribution in [2.75, 3.05) is 5.32 Å². The summed E-state index contributed by atoms with van der Waals surface area (Å²) in [5, 5.41) is 9.42. The minimum absolute atomic E-state index is 0. The molecule has 0 aliphatic rings. The van der Waals surface area contributed by atoms with Crippen LogP contribution in [0.5, 0.6) is 0 Å². The highest BCUT2D eigenvalue weighted by molar-refractivity contribution is 5.99. The Bertz CT molecular complexity index is 809. The molecule has 1 aromatic carbocycles. The van der Waals surface area contributed by atoms with Gasteiger partial charge in [-0.15, -0.1) is 0 Å². The molecule has 0 spiro atoms. The molecule has 1 unspecified atom stereocenters. The number of nitrogens with one attached hydrogen (secondary N) is 2. The summed E-state index contributed by atoms with van der Waals surface area (Å²) in [5.74, 6) is -1.28. The number of carbonyl (C=O) groups excluding carboxylic acids is 1. The van der Waals surface area contributed by atoms with Crippen molar-refractivity contribution < 1.29 is 12.0 Å². The maximum atomic E-state index is 14.2. The van der Waals surface area contributed by atoms with E-state index >= 15 is 0 Å². The Morgan fingerprint density at radius 1 is 1.48 bits per heavy atom. The van der Waals surface area contributed by atoms with Crippen LogP contribution in [0.25, 0.3) is 5.69 Å². The van der Waals surface area contributed by atoms with Crippen molar-refractivity contribution in [2.45, 2.75) is 18.9 Å². The number of anilines is 1. The van der Waals surface area contributed by atoms with Gasteiger partial charge in [0, 0.05) is 27.6 Å². The van der Waals surface area contributed by atoms with E-state index in [1.807, 2.05) is 0 Å². The summed E-state index contributed by atoms with van der Waals surface area (Å²) >= 11 is 0. The van der Waals surface area contributed by atoms with Gasteiger partial charge in [-0.3, -0.25) is 14.2 Å². The molecule has 0 fully saturated rings. The molecule has 1 heterocycles. The van der Waals surface area contributed by atoms with Gasteiger partial charge in [-0.1, -0.05) is 6.07 Å². The number of nitrogens with two attached hydrogens (primary N) is 1. The molecule has 1 atom stereocenters. The Morgan fingerprint density at radius 3 is 2.83 bits per heavy atom. The summed E-state index contributed by atoms with van der Waals surface area (Å²) in [6.07, 6.45) is 2.59. The Labute approximate surface area is 135 Å². The smallest absolute Gasteiger partial charge is 0.255 e. The molecule has 2 aromatic rings. The highest BCUT2D eigenvalue weighted by Gasteiger charge is 2.27. The van der Waals surface area contributed by atoms with Gasteiger partial charge < -0.3 is 16.5 Å². The van der Waals surface area contributed by atoms with Crippen LogP contribution >= 0.6 is 0 Å². The minimum Gasteiger partial charge on any atom is -0.322 e.